The third-order valence-corrected chi connectivity index (χ3v) is 7.51. The molecule has 212 valence electrons. The summed E-state index contributed by atoms with van der Waals surface area (Å²) in [5.74, 6) is 0.157. The fourth-order valence-corrected chi connectivity index (χ4v) is 4.92. The van der Waals surface area contributed by atoms with E-state index in [4.69, 9.17) is 17.2 Å². The van der Waals surface area contributed by atoms with Crippen LogP contribution in [0.25, 0.3) is 5.69 Å². The molecule has 3 heterocycles. The standard InChI is InChI=1S/C26H39N9O4/c1-26(29,17-36)23(37)33-12-14-34(15-13-33)24(38)30-21-8-11-35(25(39)31-21)20-4-2-18(3-5-20)16-32-9-6-19(7-10-32)22(27)28/h2-5,8,11,19,22,36H,6-7,9-10,12-17,27-29H2,1H3,(H,30,31,38,39). The van der Waals surface area contributed by atoms with E-state index in [2.05, 4.69) is 15.2 Å². The van der Waals surface area contributed by atoms with Gasteiger partial charge >= 0.3 is 11.7 Å². The van der Waals surface area contributed by atoms with Crippen LogP contribution in [0, 0.1) is 5.92 Å². The maximum Gasteiger partial charge on any atom is 0.354 e. The second kappa shape index (κ2) is 12.2. The van der Waals surface area contributed by atoms with E-state index in [1.54, 1.807) is 12.3 Å². The maximum atomic E-state index is 12.7. The summed E-state index contributed by atoms with van der Waals surface area (Å²) in [4.78, 5) is 47.3. The van der Waals surface area contributed by atoms with Crippen molar-refractivity contribution in [3.8, 4) is 5.69 Å². The lowest BCUT2D eigenvalue weighted by Crippen LogP contribution is -2.60. The largest absolute Gasteiger partial charge is 0.394 e. The lowest BCUT2D eigenvalue weighted by molar-refractivity contribution is -0.139. The Balaban J connectivity index is 1.30. The van der Waals surface area contributed by atoms with E-state index >= 15 is 0 Å². The van der Waals surface area contributed by atoms with E-state index in [0.717, 1.165) is 38.0 Å². The van der Waals surface area contributed by atoms with Crippen LogP contribution < -0.4 is 28.2 Å². The number of likely N-dealkylation sites (tertiary alicyclic amines) is 1. The molecule has 2 aromatic rings. The molecule has 8 N–H and O–H groups in total. The molecule has 1 unspecified atom stereocenters. The third-order valence-electron chi connectivity index (χ3n) is 7.51. The van der Waals surface area contributed by atoms with E-state index in [1.807, 2.05) is 24.3 Å². The molecule has 0 aliphatic carbocycles. The molecule has 1 aromatic heterocycles. The average Bonchev–Trinajstić information content (AvgIpc) is 2.93. The monoisotopic (exact) mass is 541 g/mol. The number of nitrogens with two attached hydrogens (primary N) is 3. The summed E-state index contributed by atoms with van der Waals surface area (Å²) >= 11 is 0. The molecular weight excluding hydrogens is 502 g/mol. The Bertz CT molecular complexity index is 1200. The first-order chi connectivity index (χ1) is 18.6. The summed E-state index contributed by atoms with van der Waals surface area (Å²) in [6.45, 7) is 4.92. The molecule has 3 amide bonds. The van der Waals surface area contributed by atoms with E-state index in [-0.39, 0.29) is 17.9 Å². The molecule has 4 rings (SSSR count). The number of piperazine rings is 1. The normalized spacial score (nSPS) is 18.7. The lowest BCUT2D eigenvalue weighted by atomic mass is 9.94. The molecule has 2 aliphatic rings. The Morgan fingerprint density at radius 1 is 1.05 bits per heavy atom. The molecule has 0 bridgehead atoms. The van der Waals surface area contributed by atoms with Gasteiger partial charge in [-0.3, -0.25) is 19.6 Å². The van der Waals surface area contributed by atoms with Crippen LogP contribution in [0.5, 0.6) is 0 Å². The molecule has 13 nitrogen and oxygen atoms in total. The van der Waals surface area contributed by atoms with Gasteiger partial charge in [0.2, 0.25) is 5.91 Å². The first-order valence-electron chi connectivity index (χ1n) is 13.2. The molecule has 13 heteroatoms. The topological polar surface area (TPSA) is 189 Å². The van der Waals surface area contributed by atoms with Gasteiger partial charge in [-0.05, 0) is 62.5 Å². The minimum Gasteiger partial charge on any atom is -0.394 e. The molecule has 39 heavy (non-hydrogen) atoms. The van der Waals surface area contributed by atoms with Crippen molar-refractivity contribution in [2.75, 3.05) is 51.2 Å². The summed E-state index contributed by atoms with van der Waals surface area (Å²) in [6.07, 6.45) is 3.31. The Morgan fingerprint density at radius 3 is 2.23 bits per heavy atom. The number of hydrogen-bond donors (Lipinski definition) is 5. The number of amides is 3. The number of nitrogens with zero attached hydrogens (tertiary/aromatic N) is 5. The second-order valence-corrected chi connectivity index (χ2v) is 10.6. The highest BCUT2D eigenvalue weighted by molar-refractivity contribution is 5.89. The molecule has 2 fully saturated rings. The van der Waals surface area contributed by atoms with Crippen molar-refractivity contribution in [1.82, 2.24) is 24.3 Å². The molecule has 0 saturated carbocycles. The van der Waals surface area contributed by atoms with Crippen molar-refractivity contribution in [2.24, 2.45) is 23.1 Å². The first-order valence-corrected chi connectivity index (χ1v) is 13.2. The van der Waals surface area contributed by atoms with Gasteiger partial charge in [-0.2, -0.15) is 4.98 Å². The van der Waals surface area contributed by atoms with Crippen LogP contribution in [0.15, 0.2) is 41.3 Å². The van der Waals surface area contributed by atoms with Crippen LogP contribution >= 0.6 is 0 Å². The van der Waals surface area contributed by atoms with Crippen molar-refractivity contribution < 1.29 is 14.7 Å². The summed E-state index contributed by atoms with van der Waals surface area (Å²) in [5.41, 5.74) is 17.4. The van der Waals surface area contributed by atoms with Crippen LogP contribution in [0.1, 0.15) is 25.3 Å². The number of aromatic nitrogens is 2. The number of rotatable bonds is 7. The van der Waals surface area contributed by atoms with E-state index in [9.17, 15) is 19.5 Å². The summed E-state index contributed by atoms with van der Waals surface area (Å²) in [5, 5.41) is 12.0. The lowest BCUT2D eigenvalue weighted by Gasteiger charge is -2.37. The van der Waals surface area contributed by atoms with Crippen molar-refractivity contribution in [1.29, 1.82) is 0 Å². The highest BCUT2D eigenvalue weighted by Gasteiger charge is 2.34. The number of carbonyl (C=O) groups is 2. The zero-order chi connectivity index (χ0) is 28.2. The van der Waals surface area contributed by atoms with Gasteiger partial charge in [0.05, 0.1) is 18.5 Å². The van der Waals surface area contributed by atoms with E-state index in [1.165, 1.54) is 21.3 Å². The Labute approximate surface area is 227 Å². The number of aliphatic hydroxyl groups excluding tert-OH is 1. The van der Waals surface area contributed by atoms with Gasteiger partial charge in [-0.1, -0.05) is 12.1 Å². The van der Waals surface area contributed by atoms with Gasteiger partial charge in [0, 0.05) is 38.9 Å². The highest BCUT2D eigenvalue weighted by atomic mass is 16.3. The average molecular weight is 542 g/mol. The van der Waals surface area contributed by atoms with Crippen LogP contribution in [0.4, 0.5) is 10.6 Å². The highest BCUT2D eigenvalue weighted by Crippen LogP contribution is 2.20. The van der Waals surface area contributed by atoms with E-state index in [0.29, 0.717) is 37.8 Å². The Kier molecular flexibility index (Phi) is 8.97. The molecule has 0 spiro atoms. The molecule has 1 atom stereocenters. The molecule has 0 radical (unpaired) electrons. The fourth-order valence-electron chi connectivity index (χ4n) is 4.92. The van der Waals surface area contributed by atoms with Crippen LogP contribution in [0.2, 0.25) is 0 Å². The Morgan fingerprint density at radius 2 is 1.67 bits per heavy atom. The number of benzene rings is 1. The summed E-state index contributed by atoms with van der Waals surface area (Å²) in [6, 6.07) is 8.91. The smallest absolute Gasteiger partial charge is 0.354 e. The number of urea groups is 1. The minimum atomic E-state index is -1.35. The second-order valence-electron chi connectivity index (χ2n) is 10.6. The fraction of sp³-hybridized carbons (Fsp3) is 0.538. The number of piperidine rings is 1. The van der Waals surface area contributed by atoms with Crippen LogP contribution in [0.3, 0.4) is 0 Å². The van der Waals surface area contributed by atoms with E-state index < -0.39 is 23.9 Å². The van der Waals surface area contributed by atoms with Crippen molar-refractivity contribution in [2.45, 2.75) is 38.0 Å². The molecule has 2 aliphatic heterocycles. The zero-order valence-corrected chi connectivity index (χ0v) is 22.3. The number of aliphatic hydroxyl groups is 1. The quantitative estimate of drug-likeness (QED) is 0.276. The van der Waals surface area contributed by atoms with Crippen LogP contribution in [-0.4, -0.2) is 98.9 Å². The predicted octanol–water partition coefficient (Wildman–Crippen LogP) is -0.926. The van der Waals surface area contributed by atoms with Gasteiger partial charge in [0.25, 0.3) is 0 Å². The maximum absolute atomic E-state index is 12.7. The van der Waals surface area contributed by atoms with Crippen LogP contribution in [-0.2, 0) is 11.3 Å². The van der Waals surface area contributed by atoms with Gasteiger partial charge in [-0.25, -0.2) is 9.59 Å². The van der Waals surface area contributed by atoms with Gasteiger partial charge in [-0.15, -0.1) is 0 Å². The summed E-state index contributed by atoms with van der Waals surface area (Å²) in [7, 11) is 0. The molecule has 1 aromatic carbocycles. The summed E-state index contributed by atoms with van der Waals surface area (Å²) < 4.78 is 1.42. The number of hydrogen-bond acceptors (Lipinski definition) is 9. The van der Waals surface area contributed by atoms with Gasteiger partial charge in [0.1, 0.15) is 11.4 Å². The van der Waals surface area contributed by atoms with Gasteiger partial charge in [0.15, 0.2) is 0 Å². The van der Waals surface area contributed by atoms with Crippen molar-refractivity contribution in [3.05, 3.63) is 52.6 Å². The first kappa shape index (κ1) is 28.6. The Hall–Kier alpha value is -3.36. The SMILES string of the molecule is CC(N)(CO)C(=O)N1CCN(C(=O)Nc2ccn(-c3ccc(CN4CCC(C(N)N)CC4)cc3)c(=O)n2)CC1. The van der Waals surface area contributed by atoms with Crippen molar-refractivity contribution >= 4 is 17.8 Å². The minimum absolute atomic E-state index is 0.145. The zero-order valence-electron chi connectivity index (χ0n) is 22.3. The third kappa shape index (κ3) is 6.99. The van der Waals surface area contributed by atoms with Gasteiger partial charge < -0.3 is 32.1 Å². The molecule has 2 saturated heterocycles. The number of anilines is 1. The number of nitrogens with one attached hydrogen (secondary N) is 1. The molecular formula is C26H39N9O4. The predicted molar refractivity (Wildman–Crippen MR) is 147 cm³/mol. The van der Waals surface area contributed by atoms with Crippen molar-refractivity contribution in [3.63, 3.8) is 0 Å². The number of carbonyl (C=O) groups excluding carboxylic acids is 2.